The molecule has 0 aliphatic heterocycles. The molecule has 0 saturated heterocycles. The summed E-state index contributed by atoms with van der Waals surface area (Å²) in [5.41, 5.74) is 1.19. The Morgan fingerprint density at radius 1 is 1.44 bits per heavy atom. The highest BCUT2D eigenvalue weighted by Crippen LogP contribution is 2.30. The molecule has 96 valence electrons. The number of hydrogen-bond donors (Lipinski definition) is 0. The first-order chi connectivity index (χ1) is 8.56. The number of benzene rings is 1. The third-order valence-corrected chi connectivity index (χ3v) is 4.07. The highest BCUT2D eigenvalue weighted by atomic mass is 79.9. The summed E-state index contributed by atoms with van der Waals surface area (Å²) in [7, 11) is 0. The van der Waals surface area contributed by atoms with E-state index in [1.165, 1.54) is 16.9 Å². The van der Waals surface area contributed by atoms with E-state index in [9.17, 15) is 0 Å². The molecule has 0 bridgehead atoms. The summed E-state index contributed by atoms with van der Waals surface area (Å²) >= 11 is 10.7. The second kappa shape index (κ2) is 6.04. The van der Waals surface area contributed by atoms with Crippen molar-refractivity contribution in [2.75, 3.05) is 0 Å². The summed E-state index contributed by atoms with van der Waals surface area (Å²) in [5.74, 6) is 1.33. The molecule has 1 aromatic heterocycles. The molecule has 1 heterocycles. The number of halogens is 2. The van der Waals surface area contributed by atoms with Gasteiger partial charge in [0.2, 0.25) is 0 Å². The molecular weight excluding hydrogens is 334 g/mol. The lowest BCUT2D eigenvalue weighted by Crippen LogP contribution is -1.98. The van der Waals surface area contributed by atoms with Crippen molar-refractivity contribution in [2.24, 2.45) is 0 Å². The van der Waals surface area contributed by atoms with E-state index in [4.69, 9.17) is 16.3 Å². The summed E-state index contributed by atoms with van der Waals surface area (Å²) in [4.78, 5) is 5.02. The fourth-order valence-corrected chi connectivity index (χ4v) is 2.87. The molecule has 0 atom stereocenters. The molecule has 2 aromatic rings. The minimum absolute atomic E-state index is 0.419. The molecule has 18 heavy (non-hydrogen) atoms. The molecule has 0 amide bonds. The van der Waals surface area contributed by atoms with Crippen molar-refractivity contribution >= 4 is 38.9 Å². The lowest BCUT2D eigenvalue weighted by atomic mass is 10.0. The van der Waals surface area contributed by atoms with Gasteiger partial charge in [-0.05, 0) is 29.7 Å². The van der Waals surface area contributed by atoms with E-state index in [0.717, 1.165) is 15.1 Å². The molecule has 5 heteroatoms. The van der Waals surface area contributed by atoms with Gasteiger partial charge in [-0.25, -0.2) is 4.98 Å². The standard InChI is InChI=1S/C13H13BrClNOS/c1-8(2)11-5-9(14)3-4-12(11)17-7-10-6-16-13(15)18-10/h3-6,8H,7H2,1-2H3. The zero-order chi connectivity index (χ0) is 13.1. The molecule has 0 aliphatic carbocycles. The van der Waals surface area contributed by atoms with Gasteiger partial charge in [-0.3, -0.25) is 0 Å². The van der Waals surface area contributed by atoms with Crippen LogP contribution in [0.4, 0.5) is 0 Å². The number of hydrogen-bond acceptors (Lipinski definition) is 3. The summed E-state index contributed by atoms with van der Waals surface area (Å²) in [6.07, 6.45) is 1.75. The van der Waals surface area contributed by atoms with Crippen molar-refractivity contribution in [3.8, 4) is 5.75 Å². The van der Waals surface area contributed by atoms with Crippen molar-refractivity contribution in [1.29, 1.82) is 0 Å². The van der Waals surface area contributed by atoms with Crippen molar-refractivity contribution in [1.82, 2.24) is 4.98 Å². The van der Waals surface area contributed by atoms with Crippen LogP contribution in [-0.2, 0) is 6.61 Å². The molecule has 2 rings (SSSR count). The van der Waals surface area contributed by atoms with Crippen molar-refractivity contribution in [3.63, 3.8) is 0 Å². The Morgan fingerprint density at radius 2 is 2.22 bits per heavy atom. The lowest BCUT2D eigenvalue weighted by Gasteiger charge is -2.13. The number of nitrogens with zero attached hydrogens (tertiary/aromatic N) is 1. The maximum atomic E-state index is 5.84. The summed E-state index contributed by atoms with van der Waals surface area (Å²) in [5, 5.41) is 0. The maximum Gasteiger partial charge on any atom is 0.183 e. The minimum Gasteiger partial charge on any atom is -0.488 e. The largest absolute Gasteiger partial charge is 0.488 e. The van der Waals surface area contributed by atoms with E-state index in [0.29, 0.717) is 17.0 Å². The zero-order valence-corrected chi connectivity index (χ0v) is 13.3. The van der Waals surface area contributed by atoms with Gasteiger partial charge in [0, 0.05) is 10.7 Å². The molecule has 0 saturated carbocycles. The third kappa shape index (κ3) is 3.46. The fraction of sp³-hybridized carbons (Fsp3) is 0.308. The van der Waals surface area contributed by atoms with E-state index in [-0.39, 0.29) is 0 Å². The Morgan fingerprint density at radius 3 is 2.83 bits per heavy atom. The number of thiazole rings is 1. The quantitative estimate of drug-likeness (QED) is 0.753. The van der Waals surface area contributed by atoms with Crippen molar-refractivity contribution in [2.45, 2.75) is 26.4 Å². The Labute approximate surface area is 124 Å². The highest BCUT2D eigenvalue weighted by molar-refractivity contribution is 9.10. The summed E-state index contributed by atoms with van der Waals surface area (Å²) in [6, 6.07) is 6.07. The average molecular weight is 347 g/mol. The van der Waals surface area contributed by atoms with Crippen LogP contribution in [0.1, 0.15) is 30.2 Å². The summed E-state index contributed by atoms with van der Waals surface area (Å²) in [6.45, 7) is 4.81. The second-order valence-corrected chi connectivity index (χ2v) is 6.82. The van der Waals surface area contributed by atoms with Crippen LogP contribution in [0.25, 0.3) is 0 Å². The van der Waals surface area contributed by atoms with Gasteiger partial charge >= 0.3 is 0 Å². The van der Waals surface area contributed by atoms with Gasteiger partial charge in [0.25, 0.3) is 0 Å². The molecule has 2 nitrogen and oxygen atoms in total. The molecule has 0 fully saturated rings. The van der Waals surface area contributed by atoms with E-state index in [1.807, 2.05) is 12.1 Å². The average Bonchev–Trinajstić information content (AvgIpc) is 2.73. The SMILES string of the molecule is CC(C)c1cc(Br)ccc1OCc1cnc(Cl)s1. The van der Waals surface area contributed by atoms with Crippen LogP contribution in [0.2, 0.25) is 4.47 Å². The van der Waals surface area contributed by atoms with Gasteiger partial charge < -0.3 is 4.74 Å². The molecule has 0 spiro atoms. The van der Waals surface area contributed by atoms with E-state index in [1.54, 1.807) is 6.20 Å². The van der Waals surface area contributed by atoms with Crippen LogP contribution in [-0.4, -0.2) is 4.98 Å². The van der Waals surface area contributed by atoms with Crippen molar-refractivity contribution in [3.05, 3.63) is 43.8 Å². The van der Waals surface area contributed by atoms with E-state index < -0.39 is 0 Å². The van der Waals surface area contributed by atoms with Crippen LogP contribution in [0.5, 0.6) is 5.75 Å². The number of aromatic nitrogens is 1. The molecule has 0 N–H and O–H groups in total. The topological polar surface area (TPSA) is 22.1 Å². The Kier molecular flexibility index (Phi) is 4.65. The molecule has 1 aromatic carbocycles. The first-order valence-corrected chi connectivity index (χ1v) is 7.57. The maximum absolute atomic E-state index is 5.84. The predicted octanol–water partition coefficient (Wildman–Crippen LogP) is 5.26. The van der Waals surface area contributed by atoms with E-state index >= 15 is 0 Å². The van der Waals surface area contributed by atoms with E-state index in [2.05, 4.69) is 40.8 Å². The first-order valence-electron chi connectivity index (χ1n) is 5.58. The molecular formula is C13H13BrClNOS. The first kappa shape index (κ1) is 13.8. The van der Waals surface area contributed by atoms with Crippen LogP contribution < -0.4 is 4.74 Å². The third-order valence-electron chi connectivity index (χ3n) is 2.49. The normalized spacial score (nSPS) is 10.9. The predicted molar refractivity (Wildman–Crippen MR) is 79.7 cm³/mol. The molecule has 0 radical (unpaired) electrons. The monoisotopic (exact) mass is 345 g/mol. The zero-order valence-electron chi connectivity index (χ0n) is 10.1. The Balaban J connectivity index is 2.13. The Bertz CT molecular complexity index is 542. The smallest absolute Gasteiger partial charge is 0.183 e. The van der Waals surface area contributed by atoms with Gasteiger partial charge in [0.1, 0.15) is 12.4 Å². The van der Waals surface area contributed by atoms with Crippen LogP contribution in [0, 0.1) is 0 Å². The highest BCUT2D eigenvalue weighted by Gasteiger charge is 2.09. The molecule has 0 unspecified atom stereocenters. The summed E-state index contributed by atoms with van der Waals surface area (Å²) < 4.78 is 7.46. The van der Waals surface area contributed by atoms with Gasteiger partial charge in [0.15, 0.2) is 4.47 Å². The Hall–Kier alpha value is -0.580. The van der Waals surface area contributed by atoms with Gasteiger partial charge in [0.05, 0.1) is 4.88 Å². The molecule has 0 aliphatic rings. The van der Waals surface area contributed by atoms with Crippen LogP contribution in [0.3, 0.4) is 0 Å². The second-order valence-electron chi connectivity index (χ2n) is 4.21. The van der Waals surface area contributed by atoms with Gasteiger partial charge in [-0.2, -0.15) is 0 Å². The lowest BCUT2D eigenvalue weighted by molar-refractivity contribution is 0.305. The van der Waals surface area contributed by atoms with Crippen molar-refractivity contribution < 1.29 is 4.74 Å². The fourth-order valence-electron chi connectivity index (χ4n) is 1.60. The number of ether oxygens (including phenoxy) is 1. The van der Waals surface area contributed by atoms with Gasteiger partial charge in [-0.1, -0.05) is 41.4 Å². The van der Waals surface area contributed by atoms with Gasteiger partial charge in [-0.15, -0.1) is 11.3 Å². The minimum atomic E-state index is 0.419. The van der Waals surface area contributed by atoms with Crippen LogP contribution in [0.15, 0.2) is 28.9 Å². The van der Waals surface area contributed by atoms with Crippen LogP contribution >= 0.6 is 38.9 Å². The number of rotatable bonds is 4.